The predicted molar refractivity (Wildman–Crippen MR) is 61.3 cm³/mol. The zero-order valence-corrected chi connectivity index (χ0v) is 9.44. The van der Waals surface area contributed by atoms with Gasteiger partial charge in [0, 0.05) is 24.2 Å². The third-order valence-corrected chi connectivity index (χ3v) is 2.06. The van der Waals surface area contributed by atoms with Crippen molar-refractivity contribution in [2.45, 2.75) is 13.8 Å². The van der Waals surface area contributed by atoms with Gasteiger partial charge in [0.2, 0.25) is 5.91 Å². The standard InChI is InChI=1S/C11H14N2O3/c1-7(13-15)10-5-4-9(12-8(2)14)6-11(10)16-3/h4-6,15H,1-3H3,(H,12,14)/b13-7+. The molecule has 1 rings (SSSR count). The first-order valence-electron chi connectivity index (χ1n) is 4.73. The van der Waals surface area contributed by atoms with Crippen molar-refractivity contribution in [3.63, 3.8) is 0 Å². The average molecular weight is 222 g/mol. The van der Waals surface area contributed by atoms with Crippen LogP contribution in [0.4, 0.5) is 5.69 Å². The molecular formula is C11H14N2O3. The number of ether oxygens (including phenoxy) is 1. The molecule has 0 radical (unpaired) electrons. The monoisotopic (exact) mass is 222 g/mol. The van der Waals surface area contributed by atoms with E-state index in [4.69, 9.17) is 9.94 Å². The second-order valence-electron chi connectivity index (χ2n) is 3.28. The van der Waals surface area contributed by atoms with Gasteiger partial charge in [0.1, 0.15) is 5.75 Å². The van der Waals surface area contributed by atoms with E-state index in [1.165, 1.54) is 14.0 Å². The van der Waals surface area contributed by atoms with Crippen molar-refractivity contribution in [1.29, 1.82) is 0 Å². The number of amides is 1. The molecule has 0 unspecified atom stereocenters. The molecule has 0 bridgehead atoms. The fourth-order valence-corrected chi connectivity index (χ4v) is 1.33. The highest BCUT2D eigenvalue weighted by Crippen LogP contribution is 2.23. The van der Waals surface area contributed by atoms with E-state index in [9.17, 15) is 4.79 Å². The molecule has 5 nitrogen and oxygen atoms in total. The summed E-state index contributed by atoms with van der Waals surface area (Å²) < 4.78 is 5.15. The van der Waals surface area contributed by atoms with Crippen LogP contribution in [0, 0.1) is 0 Å². The van der Waals surface area contributed by atoms with Crippen molar-refractivity contribution in [3.8, 4) is 5.75 Å². The van der Waals surface area contributed by atoms with Crippen LogP contribution < -0.4 is 10.1 Å². The third-order valence-electron chi connectivity index (χ3n) is 2.06. The number of benzene rings is 1. The Hall–Kier alpha value is -2.04. The van der Waals surface area contributed by atoms with Crippen molar-refractivity contribution in [2.75, 3.05) is 12.4 Å². The maximum absolute atomic E-state index is 10.9. The highest BCUT2D eigenvalue weighted by atomic mass is 16.5. The predicted octanol–water partition coefficient (Wildman–Crippen LogP) is 1.85. The first kappa shape index (κ1) is 12.0. The number of rotatable bonds is 3. The smallest absolute Gasteiger partial charge is 0.221 e. The Morgan fingerprint density at radius 3 is 2.62 bits per heavy atom. The first-order valence-corrected chi connectivity index (χ1v) is 4.73. The fraction of sp³-hybridized carbons (Fsp3) is 0.273. The summed E-state index contributed by atoms with van der Waals surface area (Å²) >= 11 is 0. The summed E-state index contributed by atoms with van der Waals surface area (Å²) in [6, 6.07) is 5.11. The molecular weight excluding hydrogens is 208 g/mol. The van der Waals surface area contributed by atoms with Crippen LogP contribution in [-0.4, -0.2) is 23.9 Å². The topological polar surface area (TPSA) is 70.9 Å². The minimum atomic E-state index is -0.151. The van der Waals surface area contributed by atoms with Gasteiger partial charge in [-0.1, -0.05) is 5.16 Å². The highest BCUT2D eigenvalue weighted by Gasteiger charge is 2.08. The number of nitrogens with zero attached hydrogens (tertiary/aromatic N) is 1. The molecule has 0 fully saturated rings. The van der Waals surface area contributed by atoms with Crippen LogP contribution in [0.15, 0.2) is 23.4 Å². The van der Waals surface area contributed by atoms with Gasteiger partial charge >= 0.3 is 0 Å². The van der Waals surface area contributed by atoms with E-state index in [0.717, 1.165) is 0 Å². The van der Waals surface area contributed by atoms with Gasteiger partial charge in [-0.2, -0.15) is 0 Å². The average Bonchev–Trinajstić information content (AvgIpc) is 2.27. The van der Waals surface area contributed by atoms with Gasteiger partial charge in [-0.3, -0.25) is 4.79 Å². The Kier molecular flexibility index (Phi) is 3.88. The number of anilines is 1. The van der Waals surface area contributed by atoms with Crippen molar-refractivity contribution in [1.82, 2.24) is 0 Å². The number of methoxy groups -OCH3 is 1. The molecule has 0 aliphatic rings. The van der Waals surface area contributed by atoms with E-state index in [2.05, 4.69) is 10.5 Å². The zero-order chi connectivity index (χ0) is 12.1. The van der Waals surface area contributed by atoms with Gasteiger partial charge in [0.15, 0.2) is 0 Å². The normalized spacial score (nSPS) is 11.1. The van der Waals surface area contributed by atoms with Crippen LogP contribution in [0.3, 0.4) is 0 Å². The zero-order valence-electron chi connectivity index (χ0n) is 9.44. The van der Waals surface area contributed by atoms with Gasteiger partial charge in [-0.15, -0.1) is 0 Å². The Balaban J connectivity index is 3.11. The molecule has 1 aromatic rings. The Morgan fingerprint density at radius 2 is 2.12 bits per heavy atom. The van der Waals surface area contributed by atoms with Crippen LogP contribution in [0.25, 0.3) is 0 Å². The molecule has 0 aliphatic heterocycles. The number of hydrogen-bond acceptors (Lipinski definition) is 4. The quantitative estimate of drug-likeness (QED) is 0.466. The summed E-state index contributed by atoms with van der Waals surface area (Å²) in [4.78, 5) is 10.9. The number of hydrogen-bond donors (Lipinski definition) is 2. The summed E-state index contributed by atoms with van der Waals surface area (Å²) in [5.74, 6) is 0.393. The molecule has 1 aromatic carbocycles. The van der Waals surface area contributed by atoms with Crippen molar-refractivity contribution < 1.29 is 14.7 Å². The van der Waals surface area contributed by atoms with Crippen LogP contribution in [0.5, 0.6) is 5.75 Å². The lowest BCUT2D eigenvalue weighted by molar-refractivity contribution is -0.114. The summed E-state index contributed by atoms with van der Waals surface area (Å²) in [7, 11) is 1.51. The number of carbonyl (C=O) groups excluding carboxylic acids is 1. The lowest BCUT2D eigenvalue weighted by Crippen LogP contribution is -2.07. The second-order valence-corrected chi connectivity index (χ2v) is 3.28. The van der Waals surface area contributed by atoms with E-state index in [-0.39, 0.29) is 5.91 Å². The van der Waals surface area contributed by atoms with Gasteiger partial charge in [0.05, 0.1) is 12.8 Å². The Morgan fingerprint density at radius 1 is 1.44 bits per heavy atom. The molecule has 1 amide bonds. The van der Waals surface area contributed by atoms with E-state index in [0.29, 0.717) is 22.7 Å². The fourth-order valence-electron chi connectivity index (χ4n) is 1.33. The Labute approximate surface area is 93.7 Å². The van der Waals surface area contributed by atoms with Gasteiger partial charge in [0.25, 0.3) is 0 Å². The summed E-state index contributed by atoms with van der Waals surface area (Å²) in [5.41, 5.74) is 1.77. The van der Waals surface area contributed by atoms with Crippen molar-refractivity contribution in [2.24, 2.45) is 5.16 Å². The minimum absolute atomic E-state index is 0.151. The summed E-state index contributed by atoms with van der Waals surface area (Å²) in [6.45, 7) is 3.09. The molecule has 0 atom stereocenters. The van der Waals surface area contributed by atoms with Crippen LogP contribution in [-0.2, 0) is 4.79 Å². The van der Waals surface area contributed by atoms with E-state index < -0.39 is 0 Å². The molecule has 16 heavy (non-hydrogen) atoms. The Bertz CT molecular complexity index is 427. The highest BCUT2D eigenvalue weighted by molar-refractivity contribution is 6.01. The lowest BCUT2D eigenvalue weighted by atomic mass is 10.1. The van der Waals surface area contributed by atoms with Crippen LogP contribution in [0.2, 0.25) is 0 Å². The number of nitrogens with one attached hydrogen (secondary N) is 1. The number of oxime groups is 1. The van der Waals surface area contributed by atoms with E-state index >= 15 is 0 Å². The van der Waals surface area contributed by atoms with Gasteiger partial charge < -0.3 is 15.3 Å². The molecule has 5 heteroatoms. The molecule has 86 valence electrons. The largest absolute Gasteiger partial charge is 0.496 e. The van der Waals surface area contributed by atoms with Gasteiger partial charge in [-0.25, -0.2) is 0 Å². The SMILES string of the molecule is COc1cc(NC(C)=O)ccc1/C(C)=N/O. The maximum atomic E-state index is 10.9. The molecule has 2 N–H and O–H groups in total. The molecule has 0 aromatic heterocycles. The molecule has 0 saturated carbocycles. The van der Waals surface area contributed by atoms with Gasteiger partial charge in [-0.05, 0) is 19.1 Å². The molecule has 0 spiro atoms. The number of carbonyl (C=O) groups is 1. The van der Waals surface area contributed by atoms with Crippen molar-refractivity contribution >= 4 is 17.3 Å². The lowest BCUT2D eigenvalue weighted by Gasteiger charge is -2.09. The van der Waals surface area contributed by atoms with E-state index in [1.807, 2.05) is 0 Å². The van der Waals surface area contributed by atoms with Crippen LogP contribution in [0.1, 0.15) is 19.4 Å². The molecule has 0 saturated heterocycles. The van der Waals surface area contributed by atoms with E-state index in [1.54, 1.807) is 25.1 Å². The second kappa shape index (κ2) is 5.16. The maximum Gasteiger partial charge on any atom is 0.221 e. The third kappa shape index (κ3) is 2.73. The minimum Gasteiger partial charge on any atom is -0.496 e. The molecule has 0 heterocycles. The van der Waals surface area contributed by atoms with Crippen molar-refractivity contribution in [3.05, 3.63) is 23.8 Å². The summed E-state index contributed by atoms with van der Waals surface area (Å²) in [6.07, 6.45) is 0. The molecule has 0 aliphatic carbocycles. The first-order chi connectivity index (χ1) is 7.58. The summed E-state index contributed by atoms with van der Waals surface area (Å²) in [5, 5.41) is 14.4. The van der Waals surface area contributed by atoms with Crippen LogP contribution >= 0.6 is 0 Å².